The van der Waals surface area contributed by atoms with Crippen LogP contribution < -0.4 is 21.9 Å². The van der Waals surface area contributed by atoms with Crippen molar-refractivity contribution >= 4 is 11.6 Å². The predicted octanol–water partition coefficient (Wildman–Crippen LogP) is 3.69. The van der Waals surface area contributed by atoms with Crippen LogP contribution in [0.25, 0.3) is 0 Å². The minimum absolute atomic E-state index is 0.0923. The molecule has 1 atom stereocenters. The maximum absolute atomic E-state index is 13.8. The number of benzene rings is 2. The van der Waals surface area contributed by atoms with Gasteiger partial charge in [0.05, 0.1) is 5.56 Å². The molecule has 0 saturated heterocycles. The van der Waals surface area contributed by atoms with Crippen LogP contribution >= 0.6 is 0 Å². The molecular weight excluding hydrogens is 466 g/mol. The summed E-state index contributed by atoms with van der Waals surface area (Å²) in [6.45, 7) is 5.30. The largest absolute Gasteiger partial charge is 0.366 e. The molecule has 1 aromatic heterocycles. The van der Waals surface area contributed by atoms with E-state index in [0.717, 1.165) is 42.6 Å². The standard InChI is InChI=1S/C29H35N5O3/c1-19(2)33(22-9-5-4-6-10-22)27-25-24(18-32(27)17-20-13-15-21(16-14-20)26(30)35)34(23-11-7-8-12-23)29(37)31(3)28(25)36/h4-6,9-10,13-16,19,23,27H,7-8,11-12,17-18H2,1-3H3,(H2,30,35). The number of rotatable bonds is 7. The molecule has 3 aromatic rings. The molecule has 8 heteroatoms. The molecule has 1 unspecified atom stereocenters. The summed E-state index contributed by atoms with van der Waals surface area (Å²) < 4.78 is 3.20. The summed E-state index contributed by atoms with van der Waals surface area (Å²) in [5.41, 5.74) is 8.99. The normalized spacial score (nSPS) is 17.9. The lowest BCUT2D eigenvalue weighted by Crippen LogP contribution is -2.46. The molecule has 0 bridgehead atoms. The summed E-state index contributed by atoms with van der Waals surface area (Å²) in [6, 6.07) is 17.6. The number of anilines is 1. The summed E-state index contributed by atoms with van der Waals surface area (Å²) >= 11 is 0. The highest BCUT2D eigenvalue weighted by Crippen LogP contribution is 2.41. The minimum atomic E-state index is -0.461. The van der Waals surface area contributed by atoms with E-state index in [4.69, 9.17) is 5.73 Å². The number of primary amides is 1. The van der Waals surface area contributed by atoms with Crippen LogP contribution in [0, 0.1) is 0 Å². The van der Waals surface area contributed by atoms with Gasteiger partial charge in [0.25, 0.3) is 5.56 Å². The summed E-state index contributed by atoms with van der Waals surface area (Å²) in [5, 5.41) is 0. The lowest BCUT2D eigenvalue weighted by molar-refractivity contribution is 0.1000. The number of nitrogens with two attached hydrogens (primary N) is 1. The Kier molecular flexibility index (Phi) is 6.77. The Morgan fingerprint density at radius 1 is 1.03 bits per heavy atom. The Morgan fingerprint density at radius 3 is 2.27 bits per heavy atom. The lowest BCUT2D eigenvalue weighted by Gasteiger charge is -2.40. The number of para-hydroxylation sites is 1. The summed E-state index contributed by atoms with van der Waals surface area (Å²) in [5.74, 6) is -0.461. The summed E-state index contributed by atoms with van der Waals surface area (Å²) in [6.07, 6.45) is 3.75. The third-order valence-corrected chi connectivity index (χ3v) is 7.77. The van der Waals surface area contributed by atoms with Crippen molar-refractivity contribution in [1.29, 1.82) is 0 Å². The summed E-state index contributed by atoms with van der Waals surface area (Å²) in [7, 11) is 1.60. The van der Waals surface area contributed by atoms with Crippen molar-refractivity contribution in [3.63, 3.8) is 0 Å². The van der Waals surface area contributed by atoms with Gasteiger partial charge in [-0.3, -0.25) is 23.6 Å². The SMILES string of the molecule is CC(C)N(c1ccccc1)C1c2c(n(C3CCCC3)c(=O)n(C)c2=O)CN1Cc1ccc(C(N)=O)cc1. The maximum Gasteiger partial charge on any atom is 0.331 e. The first-order valence-corrected chi connectivity index (χ1v) is 13.1. The Morgan fingerprint density at radius 2 is 1.68 bits per heavy atom. The van der Waals surface area contributed by atoms with E-state index in [0.29, 0.717) is 24.2 Å². The Labute approximate surface area is 216 Å². The van der Waals surface area contributed by atoms with E-state index in [2.05, 4.69) is 35.8 Å². The number of amides is 1. The van der Waals surface area contributed by atoms with Gasteiger partial charge in [-0.1, -0.05) is 43.2 Å². The van der Waals surface area contributed by atoms with Crippen LogP contribution in [0.15, 0.2) is 64.2 Å². The van der Waals surface area contributed by atoms with E-state index in [-0.39, 0.29) is 29.5 Å². The van der Waals surface area contributed by atoms with Gasteiger partial charge in [0.1, 0.15) is 6.17 Å². The van der Waals surface area contributed by atoms with Gasteiger partial charge in [0.15, 0.2) is 0 Å². The van der Waals surface area contributed by atoms with Crippen molar-refractivity contribution in [3.05, 3.63) is 97.8 Å². The molecule has 194 valence electrons. The first kappa shape index (κ1) is 25.0. The molecule has 37 heavy (non-hydrogen) atoms. The second-order valence-corrected chi connectivity index (χ2v) is 10.5. The average molecular weight is 502 g/mol. The van der Waals surface area contributed by atoms with E-state index >= 15 is 0 Å². The lowest BCUT2D eigenvalue weighted by atomic mass is 10.1. The van der Waals surface area contributed by atoms with Crippen LogP contribution in [0.3, 0.4) is 0 Å². The molecule has 1 aliphatic carbocycles. The van der Waals surface area contributed by atoms with Gasteiger partial charge in [-0.15, -0.1) is 0 Å². The van der Waals surface area contributed by atoms with Crippen LogP contribution in [0.2, 0.25) is 0 Å². The Bertz CT molecular complexity index is 1400. The van der Waals surface area contributed by atoms with Crippen molar-refractivity contribution < 1.29 is 4.79 Å². The van der Waals surface area contributed by atoms with Crippen molar-refractivity contribution in [2.75, 3.05) is 4.90 Å². The summed E-state index contributed by atoms with van der Waals surface area (Å²) in [4.78, 5) is 43.3. The van der Waals surface area contributed by atoms with Gasteiger partial charge in [-0.05, 0) is 56.5 Å². The molecule has 0 radical (unpaired) electrons. The van der Waals surface area contributed by atoms with Crippen LogP contribution in [0.4, 0.5) is 5.69 Å². The number of nitrogens with zero attached hydrogens (tertiary/aromatic N) is 4. The van der Waals surface area contributed by atoms with Crippen molar-refractivity contribution in [2.24, 2.45) is 12.8 Å². The maximum atomic E-state index is 13.8. The molecular formula is C29H35N5O3. The molecule has 0 spiro atoms. The zero-order valence-electron chi connectivity index (χ0n) is 21.8. The van der Waals surface area contributed by atoms with Gasteiger partial charge in [-0.25, -0.2) is 4.79 Å². The van der Waals surface area contributed by atoms with Crippen LogP contribution in [-0.4, -0.2) is 26.0 Å². The van der Waals surface area contributed by atoms with Crippen molar-refractivity contribution in [2.45, 2.75) is 70.9 Å². The highest BCUT2D eigenvalue weighted by atomic mass is 16.2. The zero-order valence-corrected chi connectivity index (χ0v) is 21.8. The monoisotopic (exact) mass is 501 g/mol. The number of fused-ring (bicyclic) bond motifs is 1. The molecule has 5 rings (SSSR count). The highest BCUT2D eigenvalue weighted by Gasteiger charge is 2.42. The zero-order chi connectivity index (χ0) is 26.3. The third kappa shape index (κ3) is 4.50. The van der Waals surface area contributed by atoms with Gasteiger partial charge < -0.3 is 10.6 Å². The smallest absolute Gasteiger partial charge is 0.331 e. The van der Waals surface area contributed by atoms with Crippen molar-refractivity contribution in [1.82, 2.24) is 14.0 Å². The molecule has 2 aromatic carbocycles. The van der Waals surface area contributed by atoms with E-state index in [1.54, 1.807) is 19.2 Å². The number of aromatic nitrogens is 2. The van der Waals surface area contributed by atoms with Crippen LogP contribution in [0.1, 0.15) is 78.9 Å². The molecule has 1 aliphatic heterocycles. The second-order valence-electron chi connectivity index (χ2n) is 10.5. The highest BCUT2D eigenvalue weighted by molar-refractivity contribution is 5.92. The first-order chi connectivity index (χ1) is 17.8. The van der Waals surface area contributed by atoms with E-state index in [9.17, 15) is 14.4 Å². The average Bonchev–Trinajstić information content (AvgIpc) is 3.53. The van der Waals surface area contributed by atoms with Crippen LogP contribution in [0.5, 0.6) is 0 Å². The number of hydrogen-bond donors (Lipinski definition) is 1. The topological polar surface area (TPSA) is 93.6 Å². The van der Waals surface area contributed by atoms with E-state index in [1.165, 1.54) is 4.57 Å². The molecule has 1 saturated carbocycles. The first-order valence-electron chi connectivity index (χ1n) is 13.1. The Hall–Kier alpha value is -3.65. The van der Waals surface area contributed by atoms with Gasteiger partial charge in [0, 0.05) is 49.2 Å². The quantitative estimate of drug-likeness (QED) is 0.533. The fourth-order valence-electron chi connectivity index (χ4n) is 6.01. The fourth-order valence-corrected chi connectivity index (χ4v) is 6.01. The van der Waals surface area contributed by atoms with Gasteiger partial charge in [0.2, 0.25) is 5.91 Å². The molecule has 1 fully saturated rings. The predicted molar refractivity (Wildman–Crippen MR) is 144 cm³/mol. The molecule has 8 nitrogen and oxygen atoms in total. The van der Waals surface area contributed by atoms with Crippen molar-refractivity contribution in [3.8, 4) is 0 Å². The third-order valence-electron chi connectivity index (χ3n) is 7.77. The number of carbonyl (C=O) groups excluding carboxylic acids is 1. The molecule has 2 heterocycles. The number of hydrogen-bond acceptors (Lipinski definition) is 5. The van der Waals surface area contributed by atoms with E-state index in [1.807, 2.05) is 34.9 Å². The molecule has 1 amide bonds. The van der Waals surface area contributed by atoms with E-state index < -0.39 is 5.91 Å². The van der Waals surface area contributed by atoms with Gasteiger partial charge in [-0.2, -0.15) is 0 Å². The number of carbonyl (C=O) groups is 1. The molecule has 2 aliphatic rings. The second kappa shape index (κ2) is 10.0. The molecule has 2 N–H and O–H groups in total. The fraction of sp³-hybridized carbons (Fsp3) is 0.414. The van der Waals surface area contributed by atoms with Crippen LogP contribution in [-0.2, 0) is 20.1 Å². The Balaban J connectivity index is 1.67. The minimum Gasteiger partial charge on any atom is -0.366 e. The van der Waals surface area contributed by atoms with Gasteiger partial charge >= 0.3 is 5.69 Å².